The van der Waals surface area contributed by atoms with Gasteiger partial charge in [-0.3, -0.25) is 10.00 Å². The number of aromatic amines is 1. The molecule has 3 rings (SSSR count). The van der Waals surface area contributed by atoms with Gasteiger partial charge < -0.3 is 14.9 Å². The first-order chi connectivity index (χ1) is 12.1. The number of carbonyl (C=O) groups excluding carboxylic acids is 1. The molecule has 7 nitrogen and oxygen atoms in total. The summed E-state index contributed by atoms with van der Waals surface area (Å²) in [5, 5.41) is 18.6. The van der Waals surface area contributed by atoms with Gasteiger partial charge in [0.2, 0.25) is 0 Å². The molecule has 26 heavy (non-hydrogen) atoms. The first-order valence-corrected chi connectivity index (χ1v) is 9.54. The topological polar surface area (TPSA) is 75.7 Å². The van der Waals surface area contributed by atoms with E-state index in [1.54, 1.807) is 19.0 Å². The van der Waals surface area contributed by atoms with Crippen molar-refractivity contribution in [1.82, 2.24) is 24.9 Å². The number of nitrogens with zero attached hydrogens (tertiary/aromatic N) is 4. The van der Waals surface area contributed by atoms with Crippen LogP contribution in [-0.4, -0.2) is 81.9 Å². The third-order valence-electron chi connectivity index (χ3n) is 5.80. The quantitative estimate of drug-likeness (QED) is 0.838. The van der Waals surface area contributed by atoms with Crippen molar-refractivity contribution < 1.29 is 9.90 Å². The lowest BCUT2D eigenvalue weighted by atomic mass is 9.75. The van der Waals surface area contributed by atoms with Crippen LogP contribution < -0.4 is 0 Å². The summed E-state index contributed by atoms with van der Waals surface area (Å²) < 4.78 is 0. The second kappa shape index (κ2) is 6.85. The van der Waals surface area contributed by atoms with Crippen LogP contribution in [0.4, 0.5) is 4.79 Å². The van der Waals surface area contributed by atoms with Crippen molar-refractivity contribution in [2.45, 2.75) is 51.2 Å². The molecule has 2 fully saturated rings. The Labute approximate surface area is 156 Å². The van der Waals surface area contributed by atoms with E-state index in [4.69, 9.17) is 0 Å². The summed E-state index contributed by atoms with van der Waals surface area (Å²) in [4.78, 5) is 18.1. The van der Waals surface area contributed by atoms with Gasteiger partial charge in [0.25, 0.3) is 0 Å². The van der Waals surface area contributed by atoms with Crippen molar-refractivity contribution in [3.8, 4) is 0 Å². The Morgan fingerprint density at radius 3 is 2.65 bits per heavy atom. The van der Waals surface area contributed by atoms with Crippen molar-refractivity contribution in [2.24, 2.45) is 5.92 Å². The zero-order chi connectivity index (χ0) is 19.1. The van der Waals surface area contributed by atoms with Crippen molar-refractivity contribution in [1.29, 1.82) is 0 Å². The molecule has 0 radical (unpaired) electrons. The molecule has 7 heteroatoms. The highest BCUT2D eigenvalue weighted by atomic mass is 16.3. The molecule has 0 aliphatic carbocycles. The maximum absolute atomic E-state index is 12.3. The Morgan fingerprint density at radius 1 is 1.35 bits per heavy atom. The van der Waals surface area contributed by atoms with E-state index in [0.29, 0.717) is 19.5 Å². The zero-order valence-electron chi connectivity index (χ0n) is 16.7. The van der Waals surface area contributed by atoms with Crippen LogP contribution in [0.15, 0.2) is 6.07 Å². The van der Waals surface area contributed by atoms with Crippen LogP contribution in [0.25, 0.3) is 0 Å². The molecule has 2 atom stereocenters. The fraction of sp³-hybridized carbons (Fsp3) is 0.789. The van der Waals surface area contributed by atoms with Crippen molar-refractivity contribution in [2.75, 3.05) is 40.3 Å². The number of hydrogen-bond donors (Lipinski definition) is 2. The Morgan fingerprint density at radius 2 is 2.04 bits per heavy atom. The van der Waals surface area contributed by atoms with Gasteiger partial charge in [-0.2, -0.15) is 5.10 Å². The van der Waals surface area contributed by atoms with Crippen molar-refractivity contribution >= 4 is 6.03 Å². The average Bonchev–Trinajstić information content (AvgIpc) is 3.03. The number of hydrogen-bond acceptors (Lipinski definition) is 4. The van der Waals surface area contributed by atoms with E-state index in [-0.39, 0.29) is 17.4 Å². The third kappa shape index (κ3) is 3.88. The van der Waals surface area contributed by atoms with Gasteiger partial charge >= 0.3 is 6.03 Å². The number of likely N-dealkylation sites (tertiary alicyclic amines) is 2. The lowest BCUT2D eigenvalue weighted by Crippen LogP contribution is -2.61. The average molecular weight is 364 g/mol. The maximum atomic E-state index is 12.3. The molecule has 1 aromatic rings. The van der Waals surface area contributed by atoms with Crippen LogP contribution in [0, 0.1) is 5.92 Å². The van der Waals surface area contributed by atoms with Gasteiger partial charge in [-0.1, -0.05) is 20.8 Å². The summed E-state index contributed by atoms with van der Waals surface area (Å²) in [7, 11) is 3.56. The van der Waals surface area contributed by atoms with Crippen LogP contribution in [0.2, 0.25) is 0 Å². The summed E-state index contributed by atoms with van der Waals surface area (Å²) in [5.41, 5.74) is 1.58. The van der Waals surface area contributed by atoms with E-state index in [2.05, 4.69) is 41.9 Å². The van der Waals surface area contributed by atoms with Gasteiger partial charge in [0.15, 0.2) is 0 Å². The molecule has 2 aliphatic heterocycles. The molecule has 2 saturated heterocycles. The number of rotatable bonds is 2. The highest BCUT2D eigenvalue weighted by Crippen LogP contribution is 2.36. The zero-order valence-corrected chi connectivity index (χ0v) is 16.7. The highest BCUT2D eigenvalue weighted by molar-refractivity contribution is 5.74. The number of urea groups is 1. The number of amides is 2. The van der Waals surface area contributed by atoms with Crippen LogP contribution >= 0.6 is 0 Å². The van der Waals surface area contributed by atoms with E-state index < -0.39 is 5.60 Å². The lowest BCUT2D eigenvalue weighted by Gasteiger charge is -2.50. The molecule has 2 N–H and O–H groups in total. The Hall–Kier alpha value is -1.60. The second-order valence-corrected chi connectivity index (χ2v) is 9.19. The summed E-state index contributed by atoms with van der Waals surface area (Å²) in [6.45, 7) is 10.2. The second-order valence-electron chi connectivity index (χ2n) is 9.19. The number of piperidine rings is 2. The van der Waals surface area contributed by atoms with E-state index in [9.17, 15) is 9.90 Å². The van der Waals surface area contributed by atoms with Gasteiger partial charge in [0.1, 0.15) is 0 Å². The monoisotopic (exact) mass is 363 g/mol. The van der Waals surface area contributed by atoms with Gasteiger partial charge in [-0.25, -0.2) is 4.79 Å². The van der Waals surface area contributed by atoms with E-state index in [0.717, 1.165) is 37.4 Å². The van der Waals surface area contributed by atoms with Crippen molar-refractivity contribution in [3.05, 3.63) is 17.5 Å². The number of aromatic nitrogens is 2. The van der Waals surface area contributed by atoms with Crippen LogP contribution in [0.5, 0.6) is 0 Å². The summed E-state index contributed by atoms with van der Waals surface area (Å²) in [6.07, 6.45) is 1.44. The summed E-state index contributed by atoms with van der Waals surface area (Å²) >= 11 is 0. The molecule has 2 amide bonds. The third-order valence-corrected chi connectivity index (χ3v) is 5.80. The molecular formula is C19H33N5O2. The van der Waals surface area contributed by atoms with Gasteiger partial charge in [0, 0.05) is 63.8 Å². The largest absolute Gasteiger partial charge is 0.389 e. The number of H-pyrrole nitrogens is 1. The van der Waals surface area contributed by atoms with E-state index in [1.807, 2.05) is 4.90 Å². The normalized spacial score (nSPS) is 27.3. The van der Waals surface area contributed by atoms with Crippen LogP contribution in [0.3, 0.4) is 0 Å². The minimum Gasteiger partial charge on any atom is -0.389 e. The Kier molecular flexibility index (Phi) is 5.05. The predicted octanol–water partition coefficient (Wildman–Crippen LogP) is 1.65. The summed E-state index contributed by atoms with van der Waals surface area (Å²) in [6, 6.07) is 2.18. The van der Waals surface area contributed by atoms with E-state index >= 15 is 0 Å². The molecule has 0 unspecified atom stereocenters. The molecule has 1 aromatic heterocycles. The first kappa shape index (κ1) is 19.2. The molecule has 0 saturated carbocycles. The van der Waals surface area contributed by atoms with E-state index in [1.165, 1.54) is 0 Å². The predicted molar refractivity (Wildman–Crippen MR) is 101 cm³/mol. The molecule has 0 spiro atoms. The Bertz CT molecular complexity index is 651. The molecule has 146 valence electrons. The van der Waals surface area contributed by atoms with Crippen molar-refractivity contribution in [3.63, 3.8) is 0 Å². The molecule has 0 aromatic carbocycles. The highest BCUT2D eigenvalue weighted by Gasteiger charge is 2.46. The summed E-state index contributed by atoms with van der Waals surface area (Å²) in [5.74, 6) is 0.0962. The molecular weight excluding hydrogens is 330 g/mol. The number of nitrogens with one attached hydrogen (secondary N) is 1. The smallest absolute Gasteiger partial charge is 0.319 e. The minimum absolute atomic E-state index is 0.0348. The molecule has 0 bridgehead atoms. The maximum Gasteiger partial charge on any atom is 0.319 e. The fourth-order valence-electron chi connectivity index (χ4n) is 4.04. The van der Waals surface area contributed by atoms with Crippen LogP contribution in [-0.2, 0) is 12.0 Å². The van der Waals surface area contributed by atoms with Crippen LogP contribution in [0.1, 0.15) is 45.0 Å². The number of fused-ring (bicyclic) bond motifs is 1. The van der Waals surface area contributed by atoms with Gasteiger partial charge in [0.05, 0.1) is 11.3 Å². The van der Waals surface area contributed by atoms with Gasteiger partial charge in [-0.05, 0) is 18.9 Å². The number of aliphatic hydroxyl groups is 1. The van der Waals surface area contributed by atoms with Gasteiger partial charge in [-0.15, -0.1) is 0 Å². The minimum atomic E-state index is -0.635. The molecule has 3 heterocycles. The lowest BCUT2D eigenvalue weighted by molar-refractivity contribution is -0.108. The SMILES string of the molecule is CN(C)C(=O)N1CC[C@]2(O)CCN(Cc3cc(C(C)(C)C)n[nH]3)C[C@@H]2C1. The number of carbonyl (C=O) groups is 1. The standard InChI is InChI=1S/C19H33N5O2/c1-18(2,3)16-10-15(20-21-16)13-23-8-6-19(26)7-9-24(12-14(19)11-23)17(25)22(4)5/h10,14,26H,6-9,11-13H2,1-5H3,(H,20,21)/t14-,19-/m1/s1. The molecule has 2 aliphatic rings. The fourth-order valence-corrected chi connectivity index (χ4v) is 4.04. The first-order valence-electron chi connectivity index (χ1n) is 9.54. The Balaban J connectivity index is 1.64.